The van der Waals surface area contributed by atoms with Gasteiger partial charge in [0.2, 0.25) is 0 Å². The number of halogens is 1. The monoisotopic (exact) mass is 236 g/mol. The van der Waals surface area contributed by atoms with E-state index < -0.39 is 0 Å². The molecule has 0 saturated carbocycles. The van der Waals surface area contributed by atoms with Crippen LogP contribution in [0.4, 0.5) is 0 Å². The average molecular weight is 237 g/mol. The number of aryl methyl sites for hydroxylation is 1. The van der Waals surface area contributed by atoms with Crippen LogP contribution in [0.1, 0.15) is 24.4 Å². The molecule has 2 N–H and O–H groups in total. The molecule has 16 heavy (non-hydrogen) atoms. The third-order valence-corrected chi connectivity index (χ3v) is 2.82. The molecule has 84 valence electrons. The highest BCUT2D eigenvalue weighted by atomic mass is 35.5. The second-order valence-electron chi connectivity index (χ2n) is 3.45. The van der Waals surface area contributed by atoms with Crippen molar-refractivity contribution in [3.63, 3.8) is 0 Å². The van der Waals surface area contributed by atoms with Crippen molar-refractivity contribution in [2.45, 2.75) is 19.5 Å². The number of aromatic nitrogens is 3. The topological polar surface area (TPSA) is 56.7 Å². The van der Waals surface area contributed by atoms with E-state index >= 15 is 0 Å². The summed E-state index contributed by atoms with van der Waals surface area (Å²) < 4.78 is 2.00. The second kappa shape index (κ2) is 4.63. The third-order valence-electron chi connectivity index (χ3n) is 2.51. The predicted molar refractivity (Wildman–Crippen MR) is 63.2 cm³/mol. The lowest BCUT2D eigenvalue weighted by atomic mass is 10.1. The van der Waals surface area contributed by atoms with Crippen LogP contribution in [-0.2, 0) is 6.54 Å². The summed E-state index contributed by atoms with van der Waals surface area (Å²) in [5, 5.41) is 0.570. The van der Waals surface area contributed by atoms with Gasteiger partial charge >= 0.3 is 0 Å². The van der Waals surface area contributed by atoms with Crippen molar-refractivity contribution in [3.8, 4) is 0 Å². The molecule has 0 aliphatic rings. The summed E-state index contributed by atoms with van der Waals surface area (Å²) in [5.74, 6) is 0.815. The minimum absolute atomic E-state index is 0.314. The van der Waals surface area contributed by atoms with E-state index in [1.165, 1.54) is 0 Å². The van der Waals surface area contributed by atoms with Gasteiger partial charge in [-0.25, -0.2) is 4.98 Å². The Kier molecular flexibility index (Phi) is 3.22. The van der Waals surface area contributed by atoms with Gasteiger partial charge in [-0.1, -0.05) is 11.6 Å². The molecule has 0 aliphatic heterocycles. The summed E-state index contributed by atoms with van der Waals surface area (Å²) in [7, 11) is 0. The number of nitrogens with two attached hydrogens (primary N) is 1. The van der Waals surface area contributed by atoms with E-state index in [1.807, 2.05) is 23.8 Å². The van der Waals surface area contributed by atoms with E-state index in [9.17, 15) is 0 Å². The Bertz CT molecular complexity index is 480. The maximum absolute atomic E-state index is 6.14. The highest BCUT2D eigenvalue weighted by molar-refractivity contribution is 6.31. The van der Waals surface area contributed by atoms with Crippen molar-refractivity contribution in [1.82, 2.24) is 14.5 Å². The number of rotatable bonds is 3. The van der Waals surface area contributed by atoms with Gasteiger partial charge in [-0.15, -0.1) is 0 Å². The van der Waals surface area contributed by atoms with Crippen molar-refractivity contribution >= 4 is 11.6 Å². The Hall–Kier alpha value is -1.39. The van der Waals surface area contributed by atoms with E-state index in [-0.39, 0.29) is 6.04 Å². The van der Waals surface area contributed by atoms with Crippen molar-refractivity contribution in [1.29, 1.82) is 0 Å². The van der Waals surface area contributed by atoms with Gasteiger partial charge in [0.05, 0.1) is 11.1 Å². The number of hydrogen-bond acceptors (Lipinski definition) is 3. The van der Waals surface area contributed by atoms with Crippen molar-refractivity contribution in [2.75, 3.05) is 0 Å². The van der Waals surface area contributed by atoms with Gasteiger partial charge in [-0.05, 0) is 18.6 Å². The van der Waals surface area contributed by atoms with E-state index in [1.54, 1.807) is 18.6 Å². The molecule has 0 fully saturated rings. The zero-order valence-electron chi connectivity index (χ0n) is 8.97. The molecule has 2 aromatic rings. The lowest BCUT2D eigenvalue weighted by Gasteiger charge is -2.14. The SMILES string of the molecule is CCn1ccnc1C(N)c1ccncc1Cl. The molecule has 0 aliphatic carbocycles. The van der Waals surface area contributed by atoms with Crippen LogP contribution >= 0.6 is 11.6 Å². The lowest BCUT2D eigenvalue weighted by Crippen LogP contribution is -2.18. The molecule has 2 rings (SSSR count). The number of hydrogen-bond donors (Lipinski definition) is 1. The molecule has 4 nitrogen and oxygen atoms in total. The lowest BCUT2D eigenvalue weighted by molar-refractivity contribution is 0.656. The van der Waals surface area contributed by atoms with Gasteiger partial charge in [-0.2, -0.15) is 0 Å². The predicted octanol–water partition coefficient (Wildman–Crippen LogP) is 2.00. The number of nitrogens with zero attached hydrogens (tertiary/aromatic N) is 3. The number of pyridine rings is 1. The Balaban J connectivity index is 2.39. The first-order chi connectivity index (χ1) is 7.74. The fourth-order valence-corrected chi connectivity index (χ4v) is 1.88. The standard InChI is InChI=1S/C11H13ClN4/c1-2-16-6-5-15-11(16)10(13)8-3-4-14-7-9(8)12/h3-7,10H,2,13H2,1H3. The van der Waals surface area contributed by atoms with Gasteiger partial charge < -0.3 is 10.3 Å². The molecular formula is C11H13ClN4. The molecule has 0 spiro atoms. The van der Waals surface area contributed by atoms with Crippen LogP contribution in [0.5, 0.6) is 0 Å². The van der Waals surface area contributed by atoms with E-state index in [4.69, 9.17) is 17.3 Å². The molecule has 2 aromatic heterocycles. The summed E-state index contributed by atoms with van der Waals surface area (Å²) in [6, 6.07) is 1.51. The Labute approximate surface area is 99.1 Å². The maximum Gasteiger partial charge on any atom is 0.130 e. The second-order valence-corrected chi connectivity index (χ2v) is 3.85. The first kappa shape index (κ1) is 11.1. The van der Waals surface area contributed by atoms with Crippen LogP contribution in [0.2, 0.25) is 5.02 Å². The van der Waals surface area contributed by atoms with Crippen LogP contribution in [-0.4, -0.2) is 14.5 Å². The molecule has 5 heteroatoms. The zero-order valence-corrected chi connectivity index (χ0v) is 9.72. The van der Waals surface area contributed by atoms with Crippen molar-refractivity contribution in [2.24, 2.45) is 5.73 Å². The van der Waals surface area contributed by atoms with E-state index in [0.717, 1.165) is 17.9 Å². The smallest absolute Gasteiger partial charge is 0.130 e. The minimum Gasteiger partial charge on any atom is -0.334 e. The first-order valence-corrected chi connectivity index (χ1v) is 5.47. The molecule has 0 amide bonds. The molecule has 2 heterocycles. The summed E-state index contributed by atoms with van der Waals surface area (Å²) in [6.45, 7) is 2.89. The Morgan fingerprint density at radius 3 is 3.00 bits per heavy atom. The van der Waals surface area contributed by atoms with Crippen LogP contribution in [0, 0.1) is 0 Å². The summed E-state index contributed by atoms with van der Waals surface area (Å²) in [5.41, 5.74) is 6.99. The van der Waals surface area contributed by atoms with Crippen LogP contribution < -0.4 is 5.73 Å². The quantitative estimate of drug-likeness (QED) is 0.887. The van der Waals surface area contributed by atoms with Gasteiger partial charge in [0.1, 0.15) is 5.82 Å². The largest absolute Gasteiger partial charge is 0.334 e. The highest BCUT2D eigenvalue weighted by Crippen LogP contribution is 2.24. The van der Waals surface area contributed by atoms with Crippen LogP contribution in [0.25, 0.3) is 0 Å². The summed E-state index contributed by atoms with van der Waals surface area (Å²) in [6.07, 6.45) is 6.92. The molecular weight excluding hydrogens is 224 g/mol. The summed E-state index contributed by atoms with van der Waals surface area (Å²) in [4.78, 5) is 8.20. The summed E-state index contributed by atoms with van der Waals surface area (Å²) >= 11 is 6.05. The fraction of sp³-hybridized carbons (Fsp3) is 0.273. The van der Waals surface area contributed by atoms with Gasteiger partial charge in [-0.3, -0.25) is 4.98 Å². The van der Waals surface area contributed by atoms with Gasteiger partial charge in [0.25, 0.3) is 0 Å². The molecule has 1 atom stereocenters. The van der Waals surface area contributed by atoms with Crippen LogP contribution in [0.3, 0.4) is 0 Å². The average Bonchev–Trinajstić information content (AvgIpc) is 2.77. The normalized spacial score (nSPS) is 12.7. The Morgan fingerprint density at radius 2 is 2.31 bits per heavy atom. The van der Waals surface area contributed by atoms with E-state index in [2.05, 4.69) is 9.97 Å². The van der Waals surface area contributed by atoms with Crippen molar-refractivity contribution < 1.29 is 0 Å². The maximum atomic E-state index is 6.14. The minimum atomic E-state index is -0.314. The van der Waals surface area contributed by atoms with Crippen LogP contribution in [0.15, 0.2) is 30.9 Å². The first-order valence-electron chi connectivity index (χ1n) is 5.10. The fourth-order valence-electron chi connectivity index (χ4n) is 1.64. The van der Waals surface area contributed by atoms with Crippen molar-refractivity contribution in [3.05, 3.63) is 47.3 Å². The molecule has 1 unspecified atom stereocenters. The van der Waals surface area contributed by atoms with Gasteiger partial charge in [0, 0.05) is 31.3 Å². The third kappa shape index (κ3) is 1.94. The molecule has 0 saturated heterocycles. The molecule has 0 radical (unpaired) electrons. The van der Waals surface area contributed by atoms with Gasteiger partial charge in [0.15, 0.2) is 0 Å². The van der Waals surface area contributed by atoms with E-state index in [0.29, 0.717) is 5.02 Å². The zero-order chi connectivity index (χ0) is 11.5. The number of imidazole rings is 1. The Morgan fingerprint density at radius 1 is 1.50 bits per heavy atom. The molecule has 0 bridgehead atoms. The molecule has 0 aromatic carbocycles. The highest BCUT2D eigenvalue weighted by Gasteiger charge is 2.16.